The van der Waals surface area contributed by atoms with Crippen molar-refractivity contribution in [3.05, 3.63) is 35.2 Å². The van der Waals surface area contributed by atoms with E-state index in [0.717, 1.165) is 5.56 Å². The van der Waals surface area contributed by atoms with Gasteiger partial charge in [0, 0.05) is 43.7 Å². The molecule has 0 spiro atoms. The highest BCUT2D eigenvalue weighted by Crippen LogP contribution is 2.18. The van der Waals surface area contributed by atoms with Crippen molar-refractivity contribution in [3.63, 3.8) is 0 Å². The van der Waals surface area contributed by atoms with Gasteiger partial charge in [0.1, 0.15) is 6.04 Å². The topological polar surface area (TPSA) is 91.6 Å². The Morgan fingerprint density at radius 3 is 2.81 bits per heavy atom. The Kier molecular flexibility index (Phi) is 5.41. The molecule has 1 fully saturated rings. The Morgan fingerprint density at radius 1 is 1.35 bits per heavy atom. The van der Waals surface area contributed by atoms with E-state index in [-0.39, 0.29) is 11.9 Å². The molecule has 1 aliphatic heterocycles. The molecule has 26 heavy (non-hydrogen) atoms. The first-order chi connectivity index (χ1) is 12.5. The number of benzene rings is 1. The third kappa shape index (κ3) is 3.96. The molecular formula is C17H20ClN5O3. The molecule has 0 radical (unpaired) electrons. The second kappa shape index (κ2) is 7.74. The smallest absolute Gasteiger partial charge is 0.318 e. The Balaban J connectivity index is 1.51. The minimum atomic E-state index is -0.464. The van der Waals surface area contributed by atoms with Crippen LogP contribution >= 0.6 is 11.6 Å². The van der Waals surface area contributed by atoms with Gasteiger partial charge >= 0.3 is 6.03 Å². The lowest BCUT2D eigenvalue weighted by Crippen LogP contribution is -2.58. The summed E-state index contributed by atoms with van der Waals surface area (Å²) in [6.07, 6.45) is 0.405. The maximum Gasteiger partial charge on any atom is 0.318 e. The van der Waals surface area contributed by atoms with Crippen molar-refractivity contribution in [2.75, 3.05) is 26.7 Å². The van der Waals surface area contributed by atoms with Crippen molar-refractivity contribution in [1.82, 2.24) is 25.3 Å². The number of halogens is 1. The van der Waals surface area contributed by atoms with Crippen molar-refractivity contribution in [2.24, 2.45) is 0 Å². The van der Waals surface area contributed by atoms with Gasteiger partial charge in [0.25, 0.3) is 0 Å². The van der Waals surface area contributed by atoms with E-state index < -0.39 is 6.04 Å². The van der Waals surface area contributed by atoms with Gasteiger partial charge in [-0.25, -0.2) is 4.79 Å². The van der Waals surface area contributed by atoms with E-state index in [4.69, 9.17) is 16.1 Å². The molecule has 1 N–H and O–H groups in total. The minimum absolute atomic E-state index is 0.0593. The lowest BCUT2D eigenvalue weighted by atomic mass is 10.2. The van der Waals surface area contributed by atoms with Crippen molar-refractivity contribution in [2.45, 2.75) is 19.4 Å². The van der Waals surface area contributed by atoms with Gasteiger partial charge in [0.05, 0.1) is 0 Å². The number of nitrogens with one attached hydrogen (secondary N) is 1. The summed E-state index contributed by atoms with van der Waals surface area (Å²) in [6, 6.07) is 6.40. The number of likely N-dealkylation sites (N-methyl/N-ethyl adjacent to an activating group) is 1. The van der Waals surface area contributed by atoms with Gasteiger partial charge in [-0.1, -0.05) is 16.8 Å². The van der Waals surface area contributed by atoms with E-state index in [1.807, 2.05) is 12.1 Å². The molecule has 3 rings (SSSR count). The first-order valence-corrected chi connectivity index (χ1v) is 8.71. The zero-order chi connectivity index (χ0) is 18.7. The number of carbonyl (C=O) groups is 2. The summed E-state index contributed by atoms with van der Waals surface area (Å²) in [7, 11) is 1.74. The molecule has 0 bridgehead atoms. The molecule has 1 aromatic heterocycles. The average Bonchev–Trinajstić information content (AvgIpc) is 3.09. The van der Waals surface area contributed by atoms with Crippen LogP contribution in [0.15, 0.2) is 28.8 Å². The van der Waals surface area contributed by atoms with Crippen molar-refractivity contribution >= 4 is 23.5 Å². The number of nitrogens with zero attached hydrogens (tertiary/aromatic N) is 4. The van der Waals surface area contributed by atoms with Crippen LogP contribution in [0.1, 0.15) is 12.8 Å². The van der Waals surface area contributed by atoms with Gasteiger partial charge in [-0.3, -0.25) is 4.79 Å². The number of rotatable bonds is 4. The van der Waals surface area contributed by atoms with Crippen molar-refractivity contribution < 1.29 is 14.1 Å². The van der Waals surface area contributed by atoms with E-state index in [1.54, 1.807) is 31.0 Å². The highest BCUT2D eigenvalue weighted by Gasteiger charge is 2.32. The van der Waals surface area contributed by atoms with Crippen molar-refractivity contribution in [1.29, 1.82) is 0 Å². The fraction of sp³-hybridized carbons (Fsp3) is 0.412. The zero-order valence-electron chi connectivity index (χ0n) is 14.6. The fourth-order valence-corrected chi connectivity index (χ4v) is 2.87. The number of hydrogen-bond acceptors (Lipinski definition) is 5. The second-order valence-electron chi connectivity index (χ2n) is 6.13. The predicted molar refractivity (Wildman–Crippen MR) is 95.7 cm³/mol. The Hall–Kier alpha value is -2.61. The van der Waals surface area contributed by atoms with Crippen LogP contribution < -0.4 is 5.32 Å². The van der Waals surface area contributed by atoms with E-state index in [0.29, 0.717) is 42.8 Å². The van der Waals surface area contributed by atoms with Gasteiger partial charge in [-0.05, 0) is 31.2 Å². The van der Waals surface area contributed by atoms with Crippen LogP contribution in [0.25, 0.3) is 11.4 Å². The summed E-state index contributed by atoms with van der Waals surface area (Å²) in [4.78, 5) is 31.7. The minimum Gasteiger partial charge on any atom is -0.342 e. The average molecular weight is 378 g/mol. The summed E-state index contributed by atoms with van der Waals surface area (Å²) >= 11 is 5.86. The first-order valence-electron chi connectivity index (χ1n) is 8.33. The molecular weight excluding hydrogens is 358 g/mol. The Bertz CT molecular complexity index is 792. The molecule has 1 unspecified atom stereocenters. The third-order valence-corrected chi connectivity index (χ3v) is 4.58. The number of piperazine rings is 1. The lowest BCUT2D eigenvalue weighted by Gasteiger charge is -2.37. The van der Waals surface area contributed by atoms with E-state index in [9.17, 15) is 9.59 Å². The van der Waals surface area contributed by atoms with Crippen LogP contribution in [0.2, 0.25) is 5.02 Å². The first kappa shape index (κ1) is 18.2. The highest BCUT2D eigenvalue weighted by atomic mass is 35.5. The predicted octanol–water partition coefficient (Wildman–Crippen LogP) is 1.80. The quantitative estimate of drug-likeness (QED) is 0.877. The van der Waals surface area contributed by atoms with Gasteiger partial charge < -0.3 is 19.6 Å². The molecule has 2 aromatic rings. The largest absolute Gasteiger partial charge is 0.342 e. The molecule has 3 amide bonds. The molecule has 0 saturated carbocycles. The van der Waals surface area contributed by atoms with Gasteiger partial charge in [0.15, 0.2) is 0 Å². The number of amides is 3. The lowest BCUT2D eigenvalue weighted by molar-refractivity contribution is -0.137. The molecule has 2 heterocycles. The molecule has 1 saturated heterocycles. The van der Waals surface area contributed by atoms with Gasteiger partial charge in [-0.15, -0.1) is 0 Å². The molecule has 8 nitrogen and oxygen atoms in total. The monoisotopic (exact) mass is 377 g/mol. The maximum atomic E-state index is 12.3. The van der Waals surface area contributed by atoms with Crippen molar-refractivity contribution in [3.8, 4) is 11.4 Å². The molecule has 1 atom stereocenters. The van der Waals surface area contributed by atoms with Gasteiger partial charge in [0.2, 0.25) is 17.6 Å². The number of urea groups is 1. The summed E-state index contributed by atoms with van der Waals surface area (Å²) in [5.41, 5.74) is 0.804. The molecule has 1 aromatic carbocycles. The van der Waals surface area contributed by atoms with Crippen LogP contribution in [-0.2, 0) is 11.2 Å². The SMILES string of the molecule is CC1C(=O)N(C)CCN1C(=O)NCCc1nc(-c2ccc(Cl)cc2)no1. The van der Waals surface area contributed by atoms with Gasteiger partial charge in [-0.2, -0.15) is 4.98 Å². The van der Waals surface area contributed by atoms with E-state index >= 15 is 0 Å². The molecule has 9 heteroatoms. The van der Waals surface area contributed by atoms with Crippen LogP contribution in [0.5, 0.6) is 0 Å². The van der Waals surface area contributed by atoms with Crippen LogP contribution in [0.4, 0.5) is 4.79 Å². The summed E-state index contributed by atoms with van der Waals surface area (Å²) in [5.74, 6) is 0.843. The summed E-state index contributed by atoms with van der Waals surface area (Å²) < 4.78 is 5.21. The highest BCUT2D eigenvalue weighted by molar-refractivity contribution is 6.30. The second-order valence-corrected chi connectivity index (χ2v) is 6.57. The third-order valence-electron chi connectivity index (χ3n) is 4.32. The van der Waals surface area contributed by atoms with Crippen LogP contribution in [0, 0.1) is 0 Å². The fourth-order valence-electron chi connectivity index (χ4n) is 2.74. The standard InChI is InChI=1S/C17H20ClN5O3/c1-11-16(24)22(2)9-10-23(11)17(25)19-8-7-14-20-15(21-26-14)12-3-5-13(18)6-4-12/h3-6,11H,7-10H2,1-2H3,(H,19,25). The molecule has 1 aliphatic rings. The van der Waals surface area contributed by atoms with E-state index in [1.165, 1.54) is 4.90 Å². The maximum absolute atomic E-state index is 12.3. The Labute approximate surface area is 156 Å². The molecule has 0 aliphatic carbocycles. The Morgan fingerprint density at radius 2 is 2.08 bits per heavy atom. The normalized spacial score (nSPS) is 17.5. The van der Waals surface area contributed by atoms with Crippen LogP contribution in [-0.4, -0.2) is 64.6 Å². The summed E-state index contributed by atoms with van der Waals surface area (Å²) in [6.45, 7) is 3.11. The number of carbonyl (C=O) groups excluding carboxylic acids is 2. The number of hydrogen-bond donors (Lipinski definition) is 1. The molecule has 138 valence electrons. The zero-order valence-corrected chi connectivity index (χ0v) is 15.4. The number of aromatic nitrogens is 2. The van der Waals surface area contributed by atoms with E-state index in [2.05, 4.69) is 15.5 Å². The summed E-state index contributed by atoms with van der Waals surface area (Å²) in [5, 5.41) is 7.36. The van der Waals surface area contributed by atoms with Crippen LogP contribution in [0.3, 0.4) is 0 Å².